The van der Waals surface area contributed by atoms with Crippen LogP contribution in [-0.4, -0.2) is 30.7 Å². The zero-order valence-electron chi connectivity index (χ0n) is 11.0. The van der Waals surface area contributed by atoms with Gasteiger partial charge in [-0.1, -0.05) is 25.6 Å². The maximum atomic E-state index is 12.4. The first-order chi connectivity index (χ1) is 8.49. The lowest BCUT2D eigenvalue weighted by Crippen LogP contribution is -2.54. The van der Waals surface area contributed by atoms with E-state index >= 15 is 0 Å². The molecule has 0 aromatic rings. The first-order valence-electron chi connectivity index (χ1n) is 6.65. The predicted molar refractivity (Wildman–Crippen MR) is 74.2 cm³/mol. The summed E-state index contributed by atoms with van der Waals surface area (Å²) in [5, 5.41) is 3.06. The van der Waals surface area contributed by atoms with Gasteiger partial charge in [-0.05, 0) is 31.1 Å². The van der Waals surface area contributed by atoms with Crippen molar-refractivity contribution >= 4 is 23.1 Å². The van der Waals surface area contributed by atoms with E-state index in [9.17, 15) is 4.79 Å². The summed E-state index contributed by atoms with van der Waals surface area (Å²) in [6.07, 6.45) is 4.85. The summed E-state index contributed by atoms with van der Waals surface area (Å²) >= 11 is 5.12. The van der Waals surface area contributed by atoms with Crippen molar-refractivity contribution in [2.24, 2.45) is 16.6 Å². The fourth-order valence-corrected chi connectivity index (χ4v) is 3.02. The quantitative estimate of drug-likeness (QED) is 0.757. The molecule has 18 heavy (non-hydrogen) atoms. The van der Waals surface area contributed by atoms with E-state index in [-0.39, 0.29) is 11.3 Å². The van der Waals surface area contributed by atoms with Gasteiger partial charge in [0.2, 0.25) is 5.91 Å². The Hall–Kier alpha value is -0.680. The average Bonchev–Trinajstić information content (AvgIpc) is 2.34. The van der Waals surface area contributed by atoms with Crippen molar-refractivity contribution in [3.63, 3.8) is 0 Å². The second-order valence-electron chi connectivity index (χ2n) is 5.91. The fraction of sp³-hybridized carbons (Fsp3) is 0.846. The minimum atomic E-state index is -0.687. The Morgan fingerprint density at radius 1 is 1.33 bits per heavy atom. The van der Waals surface area contributed by atoms with Crippen LogP contribution in [0.15, 0.2) is 0 Å². The molecule has 3 N–H and O–H groups in total. The summed E-state index contributed by atoms with van der Waals surface area (Å²) in [6, 6.07) is 0. The number of nitrogens with one attached hydrogen (secondary N) is 1. The van der Waals surface area contributed by atoms with E-state index in [1.165, 1.54) is 19.3 Å². The van der Waals surface area contributed by atoms with Crippen LogP contribution >= 0.6 is 12.2 Å². The molecular formula is C13H22N2O2S. The number of amides is 1. The van der Waals surface area contributed by atoms with Crippen molar-refractivity contribution in [1.82, 2.24) is 5.32 Å². The van der Waals surface area contributed by atoms with Crippen molar-refractivity contribution in [3.05, 3.63) is 0 Å². The zero-order valence-corrected chi connectivity index (χ0v) is 11.8. The molecule has 4 nitrogen and oxygen atoms in total. The summed E-state index contributed by atoms with van der Waals surface area (Å²) in [5.74, 6) is -0.00794. The number of hydrogen-bond acceptors (Lipinski definition) is 3. The van der Waals surface area contributed by atoms with Crippen molar-refractivity contribution in [3.8, 4) is 0 Å². The van der Waals surface area contributed by atoms with Gasteiger partial charge in [-0.25, -0.2) is 0 Å². The highest BCUT2D eigenvalue weighted by molar-refractivity contribution is 7.80. The highest BCUT2D eigenvalue weighted by Crippen LogP contribution is 2.40. The lowest BCUT2D eigenvalue weighted by Gasteiger charge is -2.40. The van der Waals surface area contributed by atoms with Crippen LogP contribution in [0.3, 0.4) is 0 Å². The van der Waals surface area contributed by atoms with E-state index in [4.69, 9.17) is 22.7 Å². The monoisotopic (exact) mass is 270 g/mol. The van der Waals surface area contributed by atoms with Gasteiger partial charge in [-0.2, -0.15) is 0 Å². The SMILES string of the molecule is CC1(CNC(=O)C2(C(N)=S)CCOCC2)CCC1. The Labute approximate surface area is 114 Å². The van der Waals surface area contributed by atoms with E-state index in [1.54, 1.807) is 0 Å². The molecule has 0 spiro atoms. The lowest BCUT2D eigenvalue weighted by molar-refractivity contribution is -0.132. The molecule has 2 rings (SSSR count). The number of ether oxygens (including phenoxy) is 1. The van der Waals surface area contributed by atoms with Crippen molar-refractivity contribution in [2.45, 2.75) is 39.0 Å². The smallest absolute Gasteiger partial charge is 0.233 e. The minimum Gasteiger partial charge on any atom is -0.392 e. The highest BCUT2D eigenvalue weighted by Gasteiger charge is 2.43. The van der Waals surface area contributed by atoms with Gasteiger partial charge in [0.25, 0.3) is 0 Å². The van der Waals surface area contributed by atoms with Crippen LogP contribution < -0.4 is 11.1 Å². The van der Waals surface area contributed by atoms with Gasteiger partial charge in [0.1, 0.15) is 5.41 Å². The summed E-state index contributed by atoms with van der Waals surface area (Å²) in [7, 11) is 0. The van der Waals surface area contributed by atoms with Crippen LogP contribution in [0.25, 0.3) is 0 Å². The lowest BCUT2D eigenvalue weighted by atomic mass is 9.70. The molecule has 2 aliphatic rings. The Morgan fingerprint density at radius 2 is 1.94 bits per heavy atom. The van der Waals surface area contributed by atoms with Gasteiger partial charge < -0.3 is 15.8 Å². The fourth-order valence-electron chi connectivity index (χ4n) is 2.73. The summed E-state index contributed by atoms with van der Waals surface area (Å²) in [5.41, 5.74) is 5.39. The largest absolute Gasteiger partial charge is 0.392 e. The van der Waals surface area contributed by atoms with Gasteiger partial charge in [-0.15, -0.1) is 0 Å². The molecule has 0 atom stereocenters. The summed E-state index contributed by atoms with van der Waals surface area (Å²) in [6.45, 7) is 4.06. The second kappa shape index (κ2) is 5.13. The molecule has 102 valence electrons. The maximum absolute atomic E-state index is 12.4. The molecule has 1 saturated heterocycles. The minimum absolute atomic E-state index is 0.00794. The maximum Gasteiger partial charge on any atom is 0.233 e. The number of carbonyl (C=O) groups excluding carboxylic acids is 1. The van der Waals surface area contributed by atoms with Crippen LogP contribution in [0.4, 0.5) is 0 Å². The molecule has 1 aliphatic carbocycles. The normalized spacial score (nSPS) is 24.9. The Morgan fingerprint density at radius 3 is 2.39 bits per heavy atom. The van der Waals surface area contributed by atoms with Crippen molar-refractivity contribution in [1.29, 1.82) is 0 Å². The summed E-state index contributed by atoms with van der Waals surface area (Å²) in [4.78, 5) is 12.7. The highest BCUT2D eigenvalue weighted by atomic mass is 32.1. The Balaban J connectivity index is 1.97. The second-order valence-corrected chi connectivity index (χ2v) is 6.35. The molecule has 1 saturated carbocycles. The van der Waals surface area contributed by atoms with Crippen LogP contribution in [0.1, 0.15) is 39.0 Å². The molecule has 1 amide bonds. The standard InChI is InChI=1S/C13H22N2O2S/c1-12(3-2-4-12)9-15-11(16)13(10(14)18)5-7-17-8-6-13/h2-9H2,1H3,(H2,14,18)(H,15,16). The van der Waals surface area contributed by atoms with Gasteiger partial charge in [0.05, 0.1) is 4.99 Å². The van der Waals surface area contributed by atoms with Crippen LogP contribution in [-0.2, 0) is 9.53 Å². The molecule has 0 aromatic heterocycles. The zero-order chi connectivity index (χ0) is 13.2. The average molecular weight is 270 g/mol. The van der Waals surface area contributed by atoms with Crippen molar-refractivity contribution < 1.29 is 9.53 Å². The molecular weight excluding hydrogens is 248 g/mol. The molecule has 0 unspecified atom stereocenters. The van der Waals surface area contributed by atoms with Crippen molar-refractivity contribution in [2.75, 3.05) is 19.8 Å². The first kappa shape index (κ1) is 13.7. The van der Waals surface area contributed by atoms with E-state index in [0.29, 0.717) is 31.0 Å². The molecule has 1 aliphatic heterocycles. The topological polar surface area (TPSA) is 64.4 Å². The molecule has 2 fully saturated rings. The van der Waals surface area contributed by atoms with E-state index in [2.05, 4.69) is 12.2 Å². The number of carbonyl (C=O) groups is 1. The van der Waals surface area contributed by atoms with Gasteiger partial charge >= 0.3 is 0 Å². The Kier molecular flexibility index (Phi) is 3.92. The van der Waals surface area contributed by atoms with Gasteiger partial charge in [0.15, 0.2) is 0 Å². The number of rotatable bonds is 4. The molecule has 5 heteroatoms. The molecule has 0 bridgehead atoms. The molecule has 0 radical (unpaired) electrons. The number of nitrogens with two attached hydrogens (primary N) is 1. The molecule has 0 aromatic carbocycles. The molecule has 1 heterocycles. The van der Waals surface area contributed by atoms with E-state index in [0.717, 1.165) is 6.54 Å². The van der Waals surface area contributed by atoms with Crippen LogP contribution in [0.5, 0.6) is 0 Å². The van der Waals surface area contributed by atoms with Gasteiger partial charge in [-0.3, -0.25) is 4.79 Å². The van der Waals surface area contributed by atoms with E-state index in [1.807, 2.05) is 0 Å². The predicted octanol–water partition coefficient (Wildman–Crippen LogP) is 1.38. The number of hydrogen-bond donors (Lipinski definition) is 2. The van der Waals surface area contributed by atoms with E-state index < -0.39 is 5.41 Å². The number of thiocarbonyl (C=S) groups is 1. The first-order valence-corrected chi connectivity index (χ1v) is 7.05. The van der Waals surface area contributed by atoms with Crippen LogP contribution in [0, 0.1) is 10.8 Å². The van der Waals surface area contributed by atoms with Crippen LogP contribution in [0.2, 0.25) is 0 Å². The van der Waals surface area contributed by atoms with Gasteiger partial charge in [0, 0.05) is 19.8 Å². The summed E-state index contributed by atoms with van der Waals surface area (Å²) < 4.78 is 5.31. The Bertz CT molecular complexity index is 347. The third kappa shape index (κ3) is 2.52. The third-order valence-corrected chi connectivity index (χ3v) is 4.88. The third-order valence-electron chi connectivity index (χ3n) is 4.49.